The number of carbonyl (C=O) groups is 2. The molecule has 1 aliphatic heterocycles. The van der Waals surface area contributed by atoms with E-state index in [2.05, 4.69) is 0 Å². The lowest BCUT2D eigenvalue weighted by molar-refractivity contribution is 0.0827. The molecule has 2 rings (SSSR count). The number of nitrogens with zero attached hydrogens (tertiary/aromatic N) is 2. The predicted molar refractivity (Wildman–Crippen MR) is 66.2 cm³/mol. The molecule has 1 aromatic rings. The Hall–Kier alpha value is -2.04. The maximum Gasteiger partial charge on any atom is 0.410 e. The molecule has 0 bridgehead atoms. The molecule has 1 aliphatic rings. The highest BCUT2D eigenvalue weighted by Gasteiger charge is 2.21. The van der Waals surface area contributed by atoms with Crippen LogP contribution in [-0.2, 0) is 11.3 Å². The summed E-state index contributed by atoms with van der Waals surface area (Å²) in [5, 5.41) is 0. The van der Waals surface area contributed by atoms with Crippen molar-refractivity contribution in [2.45, 2.75) is 6.54 Å². The van der Waals surface area contributed by atoms with Crippen LogP contribution in [-0.4, -0.2) is 49.0 Å². The molecule has 1 saturated heterocycles. The summed E-state index contributed by atoms with van der Waals surface area (Å²) in [7, 11) is 3.44. The summed E-state index contributed by atoms with van der Waals surface area (Å²) in [5.74, 6) is -0.0258. The molecule has 0 aliphatic carbocycles. The maximum absolute atomic E-state index is 11.7. The van der Waals surface area contributed by atoms with Crippen molar-refractivity contribution in [2.75, 3.05) is 27.2 Å². The van der Waals surface area contributed by atoms with Crippen LogP contribution in [0.3, 0.4) is 0 Å². The molecular formula is C13H16N2O3. The predicted octanol–water partition coefficient (Wildman–Crippen LogP) is 1.34. The topological polar surface area (TPSA) is 49.9 Å². The third kappa shape index (κ3) is 2.61. The van der Waals surface area contributed by atoms with Gasteiger partial charge < -0.3 is 14.5 Å². The summed E-state index contributed by atoms with van der Waals surface area (Å²) in [6.07, 6.45) is -0.275. The van der Waals surface area contributed by atoms with Crippen LogP contribution in [0.4, 0.5) is 4.79 Å². The molecule has 0 radical (unpaired) electrons. The van der Waals surface area contributed by atoms with Gasteiger partial charge in [-0.3, -0.25) is 4.79 Å². The van der Waals surface area contributed by atoms with Crippen molar-refractivity contribution < 1.29 is 14.3 Å². The molecule has 1 heterocycles. The Morgan fingerprint density at radius 2 is 2.00 bits per heavy atom. The van der Waals surface area contributed by atoms with E-state index in [1.54, 1.807) is 31.1 Å². The third-order valence-corrected chi connectivity index (χ3v) is 2.83. The highest BCUT2D eigenvalue weighted by Crippen LogP contribution is 2.12. The van der Waals surface area contributed by atoms with E-state index in [-0.39, 0.29) is 12.0 Å². The Bertz CT molecular complexity index is 454. The van der Waals surface area contributed by atoms with Crippen molar-refractivity contribution in [1.82, 2.24) is 9.80 Å². The summed E-state index contributed by atoms with van der Waals surface area (Å²) in [6.45, 7) is 1.60. The zero-order valence-corrected chi connectivity index (χ0v) is 10.5. The van der Waals surface area contributed by atoms with Gasteiger partial charge in [0.05, 0.1) is 6.54 Å². The number of hydrogen-bond acceptors (Lipinski definition) is 3. The van der Waals surface area contributed by atoms with Crippen LogP contribution < -0.4 is 0 Å². The van der Waals surface area contributed by atoms with Crippen LogP contribution in [0.15, 0.2) is 24.3 Å². The molecule has 0 saturated carbocycles. The molecule has 96 valence electrons. The van der Waals surface area contributed by atoms with Gasteiger partial charge in [-0.1, -0.05) is 12.1 Å². The van der Waals surface area contributed by atoms with Gasteiger partial charge in [0.2, 0.25) is 0 Å². The monoisotopic (exact) mass is 248 g/mol. The molecule has 1 aromatic carbocycles. The van der Waals surface area contributed by atoms with Gasteiger partial charge in [-0.2, -0.15) is 0 Å². The summed E-state index contributed by atoms with van der Waals surface area (Å²) >= 11 is 0. The van der Waals surface area contributed by atoms with Crippen LogP contribution in [0.2, 0.25) is 0 Å². The van der Waals surface area contributed by atoms with Gasteiger partial charge in [-0.25, -0.2) is 4.79 Å². The second-order valence-electron chi connectivity index (χ2n) is 4.43. The van der Waals surface area contributed by atoms with Crippen LogP contribution in [0, 0.1) is 0 Å². The van der Waals surface area contributed by atoms with E-state index >= 15 is 0 Å². The molecule has 5 nitrogen and oxygen atoms in total. The molecule has 0 N–H and O–H groups in total. The molecular weight excluding hydrogens is 232 g/mol. The van der Waals surface area contributed by atoms with Crippen molar-refractivity contribution in [2.24, 2.45) is 0 Å². The molecule has 18 heavy (non-hydrogen) atoms. The molecule has 1 fully saturated rings. The Labute approximate surface area is 106 Å². The average Bonchev–Trinajstić information content (AvgIpc) is 2.75. The molecule has 0 atom stereocenters. The summed E-state index contributed by atoms with van der Waals surface area (Å²) < 4.78 is 4.86. The van der Waals surface area contributed by atoms with Crippen molar-refractivity contribution >= 4 is 12.0 Å². The molecule has 0 aromatic heterocycles. The van der Waals surface area contributed by atoms with Gasteiger partial charge in [0.25, 0.3) is 5.91 Å². The number of amides is 2. The first-order valence-corrected chi connectivity index (χ1v) is 5.80. The van der Waals surface area contributed by atoms with Gasteiger partial charge in [0, 0.05) is 26.2 Å². The lowest BCUT2D eigenvalue weighted by Gasteiger charge is -2.13. The zero-order chi connectivity index (χ0) is 13.1. The highest BCUT2D eigenvalue weighted by molar-refractivity contribution is 5.93. The normalized spacial score (nSPS) is 14.6. The van der Waals surface area contributed by atoms with E-state index in [0.29, 0.717) is 25.3 Å². The van der Waals surface area contributed by atoms with E-state index in [1.165, 1.54) is 4.90 Å². The average molecular weight is 248 g/mol. The summed E-state index contributed by atoms with van der Waals surface area (Å²) in [5.41, 5.74) is 1.64. The van der Waals surface area contributed by atoms with E-state index in [9.17, 15) is 9.59 Å². The van der Waals surface area contributed by atoms with E-state index < -0.39 is 0 Å². The minimum absolute atomic E-state index is 0.0258. The molecule has 5 heteroatoms. The first kappa shape index (κ1) is 12.4. The number of rotatable bonds is 3. The van der Waals surface area contributed by atoms with Crippen molar-refractivity contribution in [3.63, 3.8) is 0 Å². The number of benzene rings is 1. The van der Waals surface area contributed by atoms with Gasteiger partial charge in [-0.05, 0) is 17.7 Å². The number of carbonyl (C=O) groups excluding carboxylic acids is 2. The summed E-state index contributed by atoms with van der Waals surface area (Å²) in [4.78, 5) is 26.2. The van der Waals surface area contributed by atoms with Crippen molar-refractivity contribution in [1.29, 1.82) is 0 Å². The standard InChI is InChI=1S/C13H16N2O3/c1-14(2)12(16)11-5-3-10(4-6-11)9-15-7-8-18-13(15)17/h3-6H,7-9H2,1-2H3. The minimum Gasteiger partial charge on any atom is -0.448 e. The first-order valence-electron chi connectivity index (χ1n) is 5.80. The molecule has 0 spiro atoms. The minimum atomic E-state index is -0.275. The van der Waals surface area contributed by atoms with Crippen LogP contribution >= 0.6 is 0 Å². The fourth-order valence-electron chi connectivity index (χ4n) is 1.80. The van der Waals surface area contributed by atoms with E-state index in [1.807, 2.05) is 12.1 Å². The number of cyclic esters (lactones) is 1. The Balaban J connectivity index is 2.03. The quantitative estimate of drug-likeness (QED) is 0.811. The fraction of sp³-hybridized carbons (Fsp3) is 0.385. The maximum atomic E-state index is 11.7. The van der Waals surface area contributed by atoms with Gasteiger partial charge in [0.15, 0.2) is 0 Å². The van der Waals surface area contributed by atoms with Gasteiger partial charge in [0.1, 0.15) is 6.61 Å². The van der Waals surface area contributed by atoms with Gasteiger partial charge in [-0.15, -0.1) is 0 Å². The van der Waals surface area contributed by atoms with Crippen molar-refractivity contribution in [3.05, 3.63) is 35.4 Å². The van der Waals surface area contributed by atoms with E-state index in [4.69, 9.17) is 4.74 Å². The van der Waals surface area contributed by atoms with Gasteiger partial charge >= 0.3 is 6.09 Å². The first-order chi connectivity index (χ1) is 8.58. The second kappa shape index (κ2) is 5.08. The van der Waals surface area contributed by atoms with E-state index in [0.717, 1.165) is 5.56 Å². The van der Waals surface area contributed by atoms with Crippen LogP contribution in [0.5, 0.6) is 0 Å². The number of hydrogen-bond donors (Lipinski definition) is 0. The smallest absolute Gasteiger partial charge is 0.410 e. The summed E-state index contributed by atoms with van der Waals surface area (Å²) in [6, 6.07) is 7.28. The molecule has 0 unspecified atom stereocenters. The lowest BCUT2D eigenvalue weighted by Crippen LogP contribution is -2.24. The second-order valence-corrected chi connectivity index (χ2v) is 4.43. The lowest BCUT2D eigenvalue weighted by atomic mass is 10.1. The largest absolute Gasteiger partial charge is 0.448 e. The highest BCUT2D eigenvalue weighted by atomic mass is 16.6. The number of ether oxygens (including phenoxy) is 1. The zero-order valence-electron chi connectivity index (χ0n) is 10.5. The van der Waals surface area contributed by atoms with Crippen LogP contribution in [0.1, 0.15) is 15.9 Å². The Morgan fingerprint density at radius 1 is 1.33 bits per heavy atom. The fourth-order valence-corrected chi connectivity index (χ4v) is 1.80. The Morgan fingerprint density at radius 3 is 2.50 bits per heavy atom. The SMILES string of the molecule is CN(C)C(=O)c1ccc(CN2CCOC2=O)cc1. The third-order valence-electron chi connectivity index (χ3n) is 2.83. The Kier molecular flexibility index (Phi) is 3.50. The van der Waals surface area contributed by atoms with Crippen molar-refractivity contribution in [3.8, 4) is 0 Å². The molecule has 2 amide bonds. The van der Waals surface area contributed by atoms with Crippen LogP contribution in [0.25, 0.3) is 0 Å².